The first-order chi connectivity index (χ1) is 18.5. The zero-order valence-electron chi connectivity index (χ0n) is 23.0. The van der Waals surface area contributed by atoms with Gasteiger partial charge in [-0.1, -0.05) is 47.1 Å². The summed E-state index contributed by atoms with van der Waals surface area (Å²) in [5.41, 5.74) is 4.78. The molecular formula is C30H40N4O4. The molecule has 0 bridgehead atoms. The van der Waals surface area contributed by atoms with Crippen LogP contribution in [0.25, 0.3) is 6.08 Å². The lowest BCUT2D eigenvalue weighted by Crippen LogP contribution is -2.50. The van der Waals surface area contributed by atoms with Crippen molar-refractivity contribution in [1.82, 2.24) is 15.1 Å². The Hall–Kier alpha value is -3.36. The molecule has 1 N–H and O–H groups in total. The number of oxime groups is 1. The van der Waals surface area contributed by atoms with Crippen molar-refractivity contribution in [3.05, 3.63) is 76.8 Å². The van der Waals surface area contributed by atoms with E-state index in [1.165, 1.54) is 11.1 Å². The summed E-state index contributed by atoms with van der Waals surface area (Å²) < 4.78 is 11.4. The van der Waals surface area contributed by atoms with Gasteiger partial charge in [-0.25, -0.2) is 0 Å². The van der Waals surface area contributed by atoms with Crippen LogP contribution in [-0.2, 0) is 19.1 Å². The number of hydrogen-bond acceptors (Lipinski definition) is 7. The molecule has 0 radical (unpaired) electrons. The van der Waals surface area contributed by atoms with Crippen LogP contribution < -0.4 is 5.32 Å². The van der Waals surface area contributed by atoms with Gasteiger partial charge in [0.2, 0.25) is 0 Å². The highest BCUT2D eigenvalue weighted by Gasteiger charge is 2.37. The number of carbonyl (C=O) groups is 1. The van der Waals surface area contributed by atoms with Crippen molar-refractivity contribution in [1.29, 1.82) is 0 Å². The third kappa shape index (κ3) is 7.14. The normalized spacial score (nSPS) is 27.2. The topological polar surface area (TPSA) is 75.6 Å². The predicted molar refractivity (Wildman–Crippen MR) is 150 cm³/mol. The molecule has 1 fully saturated rings. The zero-order chi connectivity index (χ0) is 26.9. The number of allylic oxidation sites excluding steroid dienone is 2. The van der Waals surface area contributed by atoms with Crippen LogP contribution >= 0.6 is 0 Å². The van der Waals surface area contributed by atoms with Crippen molar-refractivity contribution < 1.29 is 19.1 Å². The molecule has 204 valence electrons. The summed E-state index contributed by atoms with van der Waals surface area (Å²) >= 11 is 0. The van der Waals surface area contributed by atoms with Gasteiger partial charge in [-0.05, 0) is 44.1 Å². The van der Waals surface area contributed by atoms with Crippen LogP contribution in [0.5, 0.6) is 0 Å². The molecule has 0 spiro atoms. The van der Waals surface area contributed by atoms with Gasteiger partial charge in [0.05, 0.1) is 37.2 Å². The Kier molecular flexibility index (Phi) is 9.79. The lowest BCUT2D eigenvalue weighted by atomic mass is 9.92. The first-order valence-electron chi connectivity index (χ1n) is 13.4. The number of nitrogens with zero attached hydrogens (tertiary/aromatic N) is 3. The number of benzene rings is 1. The van der Waals surface area contributed by atoms with E-state index >= 15 is 0 Å². The Bertz CT molecular complexity index is 1110. The molecule has 2 unspecified atom stereocenters. The minimum atomic E-state index is -0.210. The highest BCUT2D eigenvalue weighted by Crippen LogP contribution is 2.27. The summed E-state index contributed by atoms with van der Waals surface area (Å²) in [4.78, 5) is 23.5. The second kappa shape index (κ2) is 13.4. The van der Waals surface area contributed by atoms with Crippen LogP contribution in [-0.4, -0.2) is 87.1 Å². The van der Waals surface area contributed by atoms with Crippen molar-refractivity contribution in [3.63, 3.8) is 0 Å². The summed E-state index contributed by atoms with van der Waals surface area (Å²) in [5.74, 6) is 0.250. The van der Waals surface area contributed by atoms with Gasteiger partial charge < -0.3 is 19.6 Å². The molecule has 2 atom stereocenters. The standard InChI is InChI=1S/C30H40N4O4/c1-5-31-30(35)25-11-16-37-21-26-28(38-32-29(26)23(3)18-27(25)36-4)20-34-14-12-33(13-15-34)19-22(2)17-24-9-7-6-8-10-24/h6-11,16-18,26,28H,5,12-15,19-21H2,1-4H3,(H,31,35)/b16-11+,22-17+,23-18+,27-25-. The number of rotatable bonds is 8. The number of methoxy groups -OCH3 is 1. The van der Waals surface area contributed by atoms with Gasteiger partial charge in [-0.15, -0.1) is 0 Å². The van der Waals surface area contributed by atoms with E-state index in [1.807, 2.05) is 26.0 Å². The van der Waals surface area contributed by atoms with Crippen molar-refractivity contribution in [2.75, 3.05) is 59.5 Å². The summed E-state index contributed by atoms with van der Waals surface area (Å²) in [6.07, 6.45) is 7.26. The van der Waals surface area contributed by atoms with Crippen molar-refractivity contribution >= 4 is 17.7 Å². The van der Waals surface area contributed by atoms with E-state index in [2.05, 4.69) is 57.5 Å². The van der Waals surface area contributed by atoms with Crippen LogP contribution in [0.1, 0.15) is 26.3 Å². The van der Waals surface area contributed by atoms with Crippen LogP contribution in [0.15, 0.2) is 76.4 Å². The molecule has 38 heavy (non-hydrogen) atoms. The molecule has 8 heteroatoms. The highest BCUT2D eigenvalue weighted by molar-refractivity contribution is 6.03. The molecular weight excluding hydrogens is 480 g/mol. The van der Waals surface area contributed by atoms with Crippen LogP contribution in [0.2, 0.25) is 0 Å². The first-order valence-corrected chi connectivity index (χ1v) is 13.4. The molecule has 1 amide bonds. The lowest BCUT2D eigenvalue weighted by Gasteiger charge is -2.36. The Morgan fingerprint density at radius 2 is 1.92 bits per heavy atom. The Balaban J connectivity index is 1.35. The zero-order valence-corrected chi connectivity index (χ0v) is 23.0. The van der Waals surface area contributed by atoms with Gasteiger partial charge in [0.25, 0.3) is 5.91 Å². The second-order valence-electron chi connectivity index (χ2n) is 10.0. The molecule has 3 aliphatic heterocycles. The Morgan fingerprint density at radius 3 is 2.63 bits per heavy atom. The number of nitrogens with one attached hydrogen (secondary N) is 1. The SMILES string of the molecule is CCNC(=O)C1=C(OC)/C=C(\C)C2=NOC(CN3CCN(C/C(C)=C/c4ccccc4)CC3)C2CO\C=C\1. The first kappa shape index (κ1) is 27.7. The van der Waals surface area contributed by atoms with Gasteiger partial charge in [0.1, 0.15) is 5.76 Å². The fourth-order valence-corrected chi connectivity index (χ4v) is 5.09. The van der Waals surface area contributed by atoms with Crippen molar-refractivity contribution in [2.45, 2.75) is 26.9 Å². The number of amides is 1. The quantitative estimate of drug-likeness (QED) is 0.565. The number of piperazine rings is 1. The minimum Gasteiger partial charge on any atom is -0.500 e. The fourth-order valence-electron chi connectivity index (χ4n) is 5.09. The average Bonchev–Trinajstić information content (AvgIpc) is 3.31. The Labute approximate surface area is 226 Å². The summed E-state index contributed by atoms with van der Waals surface area (Å²) in [6, 6.07) is 10.5. The van der Waals surface area contributed by atoms with E-state index < -0.39 is 0 Å². The average molecular weight is 521 g/mol. The molecule has 0 aliphatic carbocycles. The molecule has 0 saturated carbocycles. The summed E-state index contributed by atoms with van der Waals surface area (Å²) in [6.45, 7) is 12.8. The molecule has 1 aromatic rings. The van der Waals surface area contributed by atoms with Gasteiger partial charge in [0, 0.05) is 45.8 Å². The Morgan fingerprint density at radius 1 is 1.18 bits per heavy atom. The van der Waals surface area contributed by atoms with Crippen LogP contribution in [0, 0.1) is 5.92 Å². The summed E-state index contributed by atoms with van der Waals surface area (Å²) in [7, 11) is 1.56. The number of ether oxygens (including phenoxy) is 2. The van der Waals surface area contributed by atoms with Crippen molar-refractivity contribution in [3.8, 4) is 0 Å². The van der Waals surface area contributed by atoms with E-state index in [9.17, 15) is 4.79 Å². The number of carbonyl (C=O) groups excluding carboxylic acids is 1. The van der Waals surface area contributed by atoms with E-state index in [1.54, 1.807) is 19.4 Å². The highest BCUT2D eigenvalue weighted by atomic mass is 16.6. The third-order valence-electron chi connectivity index (χ3n) is 7.10. The number of likely N-dealkylation sites (N-methyl/N-ethyl adjacent to an activating group) is 1. The van der Waals surface area contributed by atoms with Gasteiger partial charge in [-0.3, -0.25) is 14.6 Å². The predicted octanol–water partition coefficient (Wildman–Crippen LogP) is 3.61. The smallest absolute Gasteiger partial charge is 0.255 e. The van der Waals surface area contributed by atoms with Gasteiger partial charge >= 0.3 is 0 Å². The molecule has 1 aromatic carbocycles. The van der Waals surface area contributed by atoms with E-state index in [4.69, 9.17) is 14.3 Å². The van der Waals surface area contributed by atoms with Crippen LogP contribution in [0.4, 0.5) is 0 Å². The lowest BCUT2D eigenvalue weighted by molar-refractivity contribution is -0.117. The van der Waals surface area contributed by atoms with Crippen molar-refractivity contribution in [2.24, 2.45) is 11.1 Å². The fraction of sp³-hybridized carbons (Fsp3) is 0.467. The number of fused-ring (bicyclic) bond motifs is 1. The van der Waals surface area contributed by atoms with E-state index in [0.29, 0.717) is 24.5 Å². The molecule has 3 heterocycles. The van der Waals surface area contributed by atoms with Gasteiger partial charge in [0.15, 0.2) is 6.10 Å². The monoisotopic (exact) mass is 520 g/mol. The van der Waals surface area contributed by atoms with Crippen LogP contribution in [0.3, 0.4) is 0 Å². The molecule has 1 saturated heterocycles. The van der Waals surface area contributed by atoms with Gasteiger partial charge in [-0.2, -0.15) is 0 Å². The number of hydrogen-bond donors (Lipinski definition) is 1. The molecule has 0 aromatic heterocycles. The largest absolute Gasteiger partial charge is 0.500 e. The van der Waals surface area contributed by atoms with E-state index in [-0.39, 0.29) is 17.9 Å². The molecule has 8 nitrogen and oxygen atoms in total. The second-order valence-corrected chi connectivity index (χ2v) is 10.0. The molecule has 4 rings (SSSR count). The minimum absolute atomic E-state index is 0.00546. The maximum Gasteiger partial charge on any atom is 0.255 e. The summed E-state index contributed by atoms with van der Waals surface area (Å²) in [5, 5.41) is 7.27. The molecule has 3 aliphatic rings. The maximum absolute atomic E-state index is 12.6. The maximum atomic E-state index is 12.6. The third-order valence-corrected chi connectivity index (χ3v) is 7.10. The van der Waals surface area contributed by atoms with E-state index in [0.717, 1.165) is 50.6 Å².